The number of anilines is 1. The lowest BCUT2D eigenvalue weighted by atomic mass is 9.87. The summed E-state index contributed by atoms with van der Waals surface area (Å²) in [6, 6.07) is 14.0. The minimum Gasteiger partial charge on any atom is -0.497 e. The molecule has 0 spiro atoms. The van der Waals surface area contributed by atoms with Crippen molar-refractivity contribution in [1.82, 2.24) is 15.1 Å². The third-order valence-electron chi connectivity index (χ3n) is 6.53. The predicted molar refractivity (Wildman–Crippen MR) is 143 cm³/mol. The lowest BCUT2D eigenvalue weighted by Gasteiger charge is -2.24. The van der Waals surface area contributed by atoms with Crippen LogP contribution in [-0.2, 0) is 15.0 Å². The van der Waals surface area contributed by atoms with E-state index in [4.69, 9.17) is 9.84 Å². The number of thioether (sulfide) groups is 1. The van der Waals surface area contributed by atoms with Gasteiger partial charge in [-0.15, -0.1) is 11.8 Å². The van der Waals surface area contributed by atoms with Crippen molar-refractivity contribution in [2.45, 2.75) is 50.3 Å². The van der Waals surface area contributed by atoms with Crippen LogP contribution in [0, 0.1) is 5.82 Å². The number of methoxy groups -OCH3 is 1. The minimum atomic E-state index is -0.365. The Morgan fingerprint density at radius 3 is 2.41 bits per heavy atom. The molecule has 1 fully saturated rings. The van der Waals surface area contributed by atoms with Gasteiger partial charge in [-0.25, -0.2) is 9.07 Å². The molecule has 1 aliphatic carbocycles. The van der Waals surface area contributed by atoms with E-state index in [1.165, 1.54) is 23.9 Å². The van der Waals surface area contributed by atoms with E-state index in [1.807, 2.05) is 24.3 Å². The van der Waals surface area contributed by atoms with E-state index in [0.29, 0.717) is 11.6 Å². The number of aromatic nitrogens is 2. The maximum absolute atomic E-state index is 13.8. The van der Waals surface area contributed by atoms with Gasteiger partial charge in [-0.2, -0.15) is 5.10 Å². The van der Waals surface area contributed by atoms with Gasteiger partial charge in [-0.1, -0.05) is 32.9 Å². The number of nitrogens with one attached hydrogen (secondary N) is 1. The van der Waals surface area contributed by atoms with Gasteiger partial charge in [0.1, 0.15) is 23.9 Å². The summed E-state index contributed by atoms with van der Waals surface area (Å²) in [6.07, 6.45) is 1.93. The Balaban J connectivity index is 1.73. The first kappa shape index (κ1) is 25.3. The van der Waals surface area contributed by atoms with E-state index in [2.05, 4.69) is 26.1 Å². The van der Waals surface area contributed by atoms with Gasteiger partial charge in [0.2, 0.25) is 11.8 Å². The van der Waals surface area contributed by atoms with E-state index in [1.54, 1.807) is 28.8 Å². The summed E-state index contributed by atoms with van der Waals surface area (Å²) in [5, 5.41) is 7.79. The van der Waals surface area contributed by atoms with Gasteiger partial charge in [0.15, 0.2) is 0 Å². The second-order valence-corrected chi connectivity index (χ2v) is 11.6. The SMILES string of the molecule is COc1ccc(-n2nc(C(C)(C)C)c3c2N(CC(=O)NC2CC2)C(=O)CSC3c2ccc(F)cc2)cc1. The molecule has 1 N–H and O–H groups in total. The second-order valence-electron chi connectivity index (χ2n) is 10.5. The fourth-order valence-corrected chi connectivity index (χ4v) is 5.72. The van der Waals surface area contributed by atoms with Gasteiger partial charge in [0, 0.05) is 17.0 Å². The average Bonchev–Trinajstić information content (AvgIpc) is 3.61. The van der Waals surface area contributed by atoms with Crippen molar-refractivity contribution in [1.29, 1.82) is 0 Å². The standard InChI is InChI=1S/C28H31FN4O3S/c1-28(2,3)26-24-25(17-5-7-18(29)8-6-17)37-16-23(35)32(15-22(34)30-19-9-10-19)27(24)33(31-26)20-11-13-21(36-4)14-12-20/h5-8,11-14,19,25H,9-10,15-16H2,1-4H3,(H,30,34). The van der Waals surface area contributed by atoms with Gasteiger partial charge < -0.3 is 10.1 Å². The van der Waals surface area contributed by atoms with Crippen LogP contribution in [0.25, 0.3) is 5.69 Å². The number of halogens is 1. The molecule has 2 aromatic carbocycles. The molecular weight excluding hydrogens is 491 g/mol. The van der Waals surface area contributed by atoms with Gasteiger partial charge in [-0.3, -0.25) is 14.5 Å². The minimum absolute atomic E-state index is 0.0928. The molecule has 0 radical (unpaired) electrons. The molecule has 0 saturated heterocycles. The summed E-state index contributed by atoms with van der Waals surface area (Å²) in [5.74, 6) is 0.783. The average molecular weight is 523 g/mol. The van der Waals surface area contributed by atoms with Gasteiger partial charge in [0.05, 0.1) is 29.5 Å². The highest BCUT2D eigenvalue weighted by atomic mass is 32.2. The topological polar surface area (TPSA) is 76.5 Å². The zero-order chi connectivity index (χ0) is 26.3. The van der Waals surface area contributed by atoms with E-state index in [0.717, 1.165) is 35.3 Å². The highest BCUT2D eigenvalue weighted by Gasteiger charge is 2.40. The van der Waals surface area contributed by atoms with Crippen molar-refractivity contribution < 1.29 is 18.7 Å². The number of carbonyl (C=O) groups excluding carboxylic acids is 2. The van der Waals surface area contributed by atoms with Crippen LogP contribution in [-0.4, -0.2) is 47.0 Å². The first-order valence-corrected chi connectivity index (χ1v) is 13.4. The van der Waals surface area contributed by atoms with Crippen molar-refractivity contribution in [3.05, 3.63) is 71.2 Å². The van der Waals surface area contributed by atoms with Gasteiger partial charge in [0.25, 0.3) is 0 Å². The molecule has 2 amide bonds. The molecule has 1 atom stereocenters. The molecule has 1 aromatic heterocycles. The third kappa shape index (κ3) is 5.23. The molecule has 7 nitrogen and oxygen atoms in total. The van der Waals surface area contributed by atoms with E-state index >= 15 is 0 Å². The lowest BCUT2D eigenvalue weighted by molar-refractivity contribution is -0.123. The Bertz CT molecular complexity index is 1310. The van der Waals surface area contributed by atoms with E-state index in [-0.39, 0.29) is 46.6 Å². The largest absolute Gasteiger partial charge is 0.497 e. The highest BCUT2D eigenvalue weighted by Crippen LogP contribution is 2.48. The molecule has 1 saturated carbocycles. The van der Waals surface area contributed by atoms with Crippen LogP contribution in [0.3, 0.4) is 0 Å². The number of amides is 2. The number of hydrogen-bond acceptors (Lipinski definition) is 5. The van der Waals surface area contributed by atoms with Gasteiger partial charge >= 0.3 is 0 Å². The zero-order valence-corrected chi connectivity index (χ0v) is 22.3. The summed E-state index contributed by atoms with van der Waals surface area (Å²) in [4.78, 5) is 28.1. The molecule has 2 aliphatic rings. The fourth-order valence-electron chi connectivity index (χ4n) is 4.52. The molecule has 1 aliphatic heterocycles. The molecule has 194 valence electrons. The Morgan fingerprint density at radius 1 is 1.14 bits per heavy atom. The third-order valence-corrected chi connectivity index (χ3v) is 7.79. The van der Waals surface area contributed by atoms with Crippen LogP contribution in [0.2, 0.25) is 0 Å². The van der Waals surface area contributed by atoms with Crippen molar-refractivity contribution in [2.75, 3.05) is 24.3 Å². The van der Waals surface area contributed by atoms with Crippen LogP contribution >= 0.6 is 11.8 Å². The maximum atomic E-state index is 13.8. The molecular formula is C28H31FN4O3S. The quantitative estimate of drug-likeness (QED) is 0.505. The second kappa shape index (κ2) is 9.85. The molecule has 9 heteroatoms. The molecule has 3 aromatic rings. The Hall–Kier alpha value is -3.33. The zero-order valence-electron chi connectivity index (χ0n) is 21.5. The highest BCUT2D eigenvalue weighted by molar-refractivity contribution is 8.00. The van der Waals surface area contributed by atoms with Crippen molar-refractivity contribution in [3.8, 4) is 11.4 Å². The number of ether oxygens (including phenoxy) is 1. The first-order valence-electron chi connectivity index (χ1n) is 12.4. The Labute approximate surface area is 220 Å². The molecule has 37 heavy (non-hydrogen) atoms. The van der Waals surface area contributed by atoms with Crippen LogP contribution in [0.15, 0.2) is 48.5 Å². The van der Waals surface area contributed by atoms with Crippen molar-refractivity contribution in [3.63, 3.8) is 0 Å². The first-order chi connectivity index (χ1) is 17.7. The molecule has 1 unspecified atom stereocenters. The maximum Gasteiger partial charge on any atom is 0.240 e. The number of rotatable bonds is 6. The van der Waals surface area contributed by atoms with E-state index < -0.39 is 0 Å². The summed E-state index contributed by atoms with van der Waals surface area (Å²) in [6.45, 7) is 6.15. The molecule has 0 bridgehead atoms. The monoisotopic (exact) mass is 522 g/mol. The lowest BCUT2D eigenvalue weighted by Crippen LogP contribution is -2.43. The molecule has 2 heterocycles. The van der Waals surface area contributed by atoms with E-state index in [9.17, 15) is 14.0 Å². The number of carbonyl (C=O) groups is 2. The van der Waals surface area contributed by atoms with Crippen LogP contribution < -0.4 is 15.0 Å². The Kier molecular flexibility index (Phi) is 6.74. The normalized spacial score (nSPS) is 17.8. The Morgan fingerprint density at radius 2 is 1.81 bits per heavy atom. The fraction of sp³-hybridized carbons (Fsp3) is 0.393. The number of hydrogen-bond donors (Lipinski definition) is 1. The summed E-state index contributed by atoms with van der Waals surface area (Å²) in [7, 11) is 1.61. The summed E-state index contributed by atoms with van der Waals surface area (Å²) in [5.41, 5.74) is 2.95. The van der Waals surface area contributed by atoms with Gasteiger partial charge in [-0.05, 0) is 54.8 Å². The summed E-state index contributed by atoms with van der Waals surface area (Å²) >= 11 is 1.48. The van der Waals surface area contributed by atoms with Crippen LogP contribution in [0.1, 0.15) is 55.7 Å². The van der Waals surface area contributed by atoms with Crippen LogP contribution in [0.5, 0.6) is 5.75 Å². The molecule has 5 rings (SSSR count). The predicted octanol–water partition coefficient (Wildman–Crippen LogP) is 4.77. The van der Waals surface area contributed by atoms with Crippen LogP contribution in [0.4, 0.5) is 10.2 Å². The number of fused-ring (bicyclic) bond motifs is 1. The number of nitrogens with zero attached hydrogens (tertiary/aromatic N) is 3. The van der Waals surface area contributed by atoms with Crippen molar-refractivity contribution >= 4 is 29.4 Å². The summed E-state index contributed by atoms with van der Waals surface area (Å²) < 4.78 is 20.9. The van der Waals surface area contributed by atoms with Crippen molar-refractivity contribution in [2.24, 2.45) is 0 Å². The number of benzene rings is 2. The smallest absolute Gasteiger partial charge is 0.240 e.